The first kappa shape index (κ1) is 15.4. The first-order chi connectivity index (χ1) is 9.17. The van der Waals surface area contributed by atoms with E-state index in [1.54, 1.807) is 0 Å². The molecule has 1 aromatic carbocycles. The van der Waals surface area contributed by atoms with E-state index in [0.717, 1.165) is 17.7 Å². The molecule has 6 nitrogen and oxygen atoms in total. The van der Waals surface area contributed by atoms with Gasteiger partial charge in [0.2, 0.25) is 4.90 Å². The molecule has 0 heterocycles. The molecule has 0 aliphatic heterocycles. The molecule has 0 amide bonds. The van der Waals surface area contributed by atoms with Crippen molar-refractivity contribution in [2.45, 2.75) is 10.8 Å². The van der Waals surface area contributed by atoms with Gasteiger partial charge in [-0.15, -0.1) is 0 Å². The Labute approximate surface area is 115 Å². The van der Waals surface area contributed by atoms with Crippen LogP contribution in [0.4, 0.5) is 0 Å². The Morgan fingerprint density at radius 1 is 0.850 bits per heavy atom. The molecule has 20 heavy (non-hydrogen) atoms. The Morgan fingerprint density at radius 2 is 1.30 bits per heavy atom. The minimum absolute atomic E-state index is 0.276. The molecule has 0 radical (unpaired) electrons. The van der Waals surface area contributed by atoms with Crippen LogP contribution in [0.5, 0.6) is 0 Å². The van der Waals surface area contributed by atoms with Crippen LogP contribution in [-0.2, 0) is 9.13 Å². The fourth-order valence-electron chi connectivity index (χ4n) is 2.07. The monoisotopic (exact) mass is 316 g/mol. The fourth-order valence-corrected chi connectivity index (χ4v) is 4.54. The Morgan fingerprint density at radius 3 is 1.70 bits per heavy atom. The zero-order chi connectivity index (χ0) is 15.0. The SMILES string of the molecule is O=P(O)(O)C1(P(=O)(O)O)C=CC(c2ccccc2)C=C1. The van der Waals surface area contributed by atoms with E-state index in [9.17, 15) is 28.7 Å². The van der Waals surface area contributed by atoms with Gasteiger partial charge in [-0.25, -0.2) is 0 Å². The van der Waals surface area contributed by atoms with Crippen LogP contribution in [0.3, 0.4) is 0 Å². The summed E-state index contributed by atoms with van der Waals surface area (Å²) in [6.07, 6.45) is 4.64. The maximum atomic E-state index is 11.5. The molecule has 0 aromatic heterocycles. The molecule has 108 valence electrons. The van der Waals surface area contributed by atoms with E-state index in [0.29, 0.717) is 0 Å². The molecule has 0 atom stereocenters. The number of benzene rings is 1. The lowest BCUT2D eigenvalue weighted by Gasteiger charge is -2.31. The molecule has 1 aromatic rings. The molecule has 0 saturated heterocycles. The average Bonchev–Trinajstić information content (AvgIpc) is 2.37. The van der Waals surface area contributed by atoms with Crippen molar-refractivity contribution >= 4 is 15.2 Å². The van der Waals surface area contributed by atoms with Gasteiger partial charge < -0.3 is 19.6 Å². The predicted molar refractivity (Wildman–Crippen MR) is 74.3 cm³/mol. The van der Waals surface area contributed by atoms with Crippen molar-refractivity contribution in [2.24, 2.45) is 0 Å². The zero-order valence-corrected chi connectivity index (χ0v) is 12.1. The molecule has 0 fully saturated rings. The second-order valence-electron chi connectivity index (χ2n) is 4.53. The van der Waals surface area contributed by atoms with E-state index in [4.69, 9.17) is 0 Å². The predicted octanol–water partition coefficient (Wildman–Crippen LogP) is 1.95. The molecular weight excluding hydrogens is 302 g/mol. The van der Waals surface area contributed by atoms with Gasteiger partial charge in [-0.1, -0.05) is 54.6 Å². The van der Waals surface area contributed by atoms with Gasteiger partial charge in [-0.2, -0.15) is 0 Å². The van der Waals surface area contributed by atoms with Gasteiger partial charge in [0.1, 0.15) is 0 Å². The summed E-state index contributed by atoms with van der Waals surface area (Å²) in [6, 6.07) is 9.09. The summed E-state index contributed by atoms with van der Waals surface area (Å²) in [5.74, 6) is -0.276. The maximum Gasteiger partial charge on any atom is 0.351 e. The van der Waals surface area contributed by atoms with Gasteiger partial charge in [0.15, 0.2) is 0 Å². The van der Waals surface area contributed by atoms with Crippen LogP contribution in [0.2, 0.25) is 0 Å². The highest BCUT2D eigenvalue weighted by Gasteiger charge is 2.57. The van der Waals surface area contributed by atoms with E-state index in [1.165, 1.54) is 12.2 Å². The minimum atomic E-state index is -5.05. The van der Waals surface area contributed by atoms with Gasteiger partial charge >= 0.3 is 15.2 Å². The van der Waals surface area contributed by atoms with E-state index in [1.807, 2.05) is 30.3 Å². The molecule has 1 aliphatic rings. The summed E-state index contributed by atoms with van der Waals surface area (Å²) in [7, 11) is -10.1. The summed E-state index contributed by atoms with van der Waals surface area (Å²) in [5, 5.41) is 0. The molecular formula is C12H14O6P2. The van der Waals surface area contributed by atoms with E-state index in [-0.39, 0.29) is 5.92 Å². The third kappa shape index (κ3) is 2.59. The van der Waals surface area contributed by atoms with E-state index < -0.39 is 20.1 Å². The molecule has 2 rings (SSSR count). The molecule has 0 saturated carbocycles. The summed E-state index contributed by atoms with van der Waals surface area (Å²) in [6.45, 7) is 0. The highest BCUT2D eigenvalue weighted by atomic mass is 31.2. The third-order valence-electron chi connectivity index (χ3n) is 3.22. The summed E-state index contributed by atoms with van der Waals surface area (Å²) in [4.78, 5) is 34.6. The number of allylic oxidation sites excluding steroid dienone is 4. The highest BCUT2D eigenvalue weighted by Crippen LogP contribution is 2.71. The van der Waals surface area contributed by atoms with Gasteiger partial charge in [-0.3, -0.25) is 9.13 Å². The molecule has 4 N–H and O–H groups in total. The van der Waals surface area contributed by atoms with Crippen LogP contribution in [0.15, 0.2) is 54.6 Å². The molecule has 1 aliphatic carbocycles. The fraction of sp³-hybridized carbons (Fsp3) is 0.167. The van der Waals surface area contributed by atoms with Crippen LogP contribution in [0.25, 0.3) is 0 Å². The van der Waals surface area contributed by atoms with Crippen molar-refractivity contribution in [3.05, 3.63) is 60.2 Å². The average molecular weight is 316 g/mol. The lowest BCUT2D eigenvalue weighted by atomic mass is 9.95. The van der Waals surface area contributed by atoms with Crippen LogP contribution in [0.1, 0.15) is 11.5 Å². The van der Waals surface area contributed by atoms with Crippen molar-refractivity contribution in [1.29, 1.82) is 0 Å². The summed E-state index contributed by atoms with van der Waals surface area (Å²) in [5.41, 5.74) is 0.866. The van der Waals surface area contributed by atoms with Crippen LogP contribution in [0, 0.1) is 0 Å². The van der Waals surface area contributed by atoms with Crippen LogP contribution >= 0.6 is 15.2 Å². The van der Waals surface area contributed by atoms with Crippen molar-refractivity contribution in [3.63, 3.8) is 0 Å². The number of hydrogen-bond donors (Lipinski definition) is 4. The first-order valence-corrected chi connectivity index (χ1v) is 8.95. The van der Waals surface area contributed by atoms with Gasteiger partial charge in [-0.05, 0) is 5.56 Å². The van der Waals surface area contributed by atoms with Crippen molar-refractivity contribution in [1.82, 2.24) is 0 Å². The Kier molecular flexibility index (Phi) is 3.91. The number of hydrogen-bond acceptors (Lipinski definition) is 2. The number of rotatable bonds is 3. The zero-order valence-electron chi connectivity index (χ0n) is 10.3. The van der Waals surface area contributed by atoms with Gasteiger partial charge in [0.05, 0.1) is 0 Å². The van der Waals surface area contributed by atoms with Crippen LogP contribution in [-0.4, -0.2) is 24.5 Å². The van der Waals surface area contributed by atoms with Crippen molar-refractivity contribution in [3.8, 4) is 0 Å². The van der Waals surface area contributed by atoms with Crippen molar-refractivity contribution < 1.29 is 28.7 Å². The molecule has 0 spiro atoms. The molecule has 8 heteroatoms. The largest absolute Gasteiger partial charge is 0.351 e. The summed E-state index contributed by atoms with van der Waals surface area (Å²) >= 11 is 0. The maximum absolute atomic E-state index is 11.5. The Hall–Kier alpha value is -1.00. The highest BCUT2D eigenvalue weighted by molar-refractivity contribution is 7.73. The molecule has 0 bridgehead atoms. The quantitative estimate of drug-likeness (QED) is 0.500. The second kappa shape index (κ2) is 5.08. The third-order valence-corrected chi connectivity index (χ3v) is 7.24. The van der Waals surface area contributed by atoms with Gasteiger partial charge in [0.25, 0.3) is 0 Å². The van der Waals surface area contributed by atoms with E-state index in [2.05, 4.69) is 0 Å². The van der Waals surface area contributed by atoms with Crippen molar-refractivity contribution in [2.75, 3.05) is 0 Å². The second-order valence-corrected chi connectivity index (χ2v) is 8.53. The standard InChI is InChI=1S/C12H14O6P2/c13-19(14,15)12(20(16,17)18)8-6-11(7-9-12)10-4-2-1-3-5-10/h1-9,11H,(H2,13,14,15)(H2,16,17,18). The lowest BCUT2D eigenvalue weighted by molar-refractivity contribution is 0.332. The van der Waals surface area contributed by atoms with Crippen LogP contribution < -0.4 is 0 Å². The Balaban J connectivity index is 2.43. The minimum Gasteiger partial charge on any atom is -0.323 e. The van der Waals surface area contributed by atoms with E-state index >= 15 is 0 Å². The van der Waals surface area contributed by atoms with Gasteiger partial charge in [0, 0.05) is 5.92 Å². The Bertz CT molecular complexity index is 601. The lowest BCUT2D eigenvalue weighted by Crippen LogP contribution is -2.26. The first-order valence-electron chi connectivity index (χ1n) is 5.72. The summed E-state index contributed by atoms with van der Waals surface area (Å²) < 4.78 is 23.0. The smallest absolute Gasteiger partial charge is 0.323 e. The topological polar surface area (TPSA) is 115 Å². The molecule has 0 unspecified atom stereocenters. The normalized spacial score (nSPS) is 19.2.